The molecule has 5 heteroatoms. The first kappa shape index (κ1) is 11.8. The lowest BCUT2D eigenvalue weighted by Crippen LogP contribution is -2.40. The average Bonchev–Trinajstić information content (AvgIpc) is 2.30. The Hall–Kier alpha value is -1.64. The van der Waals surface area contributed by atoms with Crippen LogP contribution < -0.4 is 5.43 Å². The van der Waals surface area contributed by atoms with Crippen molar-refractivity contribution in [3.8, 4) is 6.07 Å². The highest BCUT2D eigenvalue weighted by molar-refractivity contribution is 5.59. The van der Waals surface area contributed by atoms with Gasteiger partial charge in [-0.2, -0.15) is 5.26 Å². The van der Waals surface area contributed by atoms with Crippen LogP contribution in [-0.2, 0) is 4.74 Å². The van der Waals surface area contributed by atoms with E-state index in [0.717, 1.165) is 43.4 Å². The number of morpholine rings is 1. The van der Waals surface area contributed by atoms with Gasteiger partial charge in [-0.15, -0.1) is 0 Å². The second-order valence-corrected chi connectivity index (χ2v) is 4.09. The molecule has 1 aliphatic heterocycles. The summed E-state index contributed by atoms with van der Waals surface area (Å²) in [6.07, 6.45) is 0. The summed E-state index contributed by atoms with van der Waals surface area (Å²) >= 11 is 0. The van der Waals surface area contributed by atoms with Gasteiger partial charge in [-0.1, -0.05) is 0 Å². The fourth-order valence-electron chi connectivity index (χ4n) is 1.90. The van der Waals surface area contributed by atoms with E-state index in [4.69, 9.17) is 10.00 Å². The number of nitrogens with one attached hydrogen (secondary N) is 1. The Morgan fingerprint density at radius 2 is 2.12 bits per heavy atom. The van der Waals surface area contributed by atoms with Crippen LogP contribution in [0.25, 0.3) is 0 Å². The molecule has 0 atom stereocenters. The smallest absolute Gasteiger partial charge is 0.103 e. The number of pyridine rings is 1. The summed E-state index contributed by atoms with van der Waals surface area (Å²) in [6.45, 7) is 6.88. The molecule has 2 rings (SSSR count). The van der Waals surface area contributed by atoms with Crippen molar-refractivity contribution in [3.05, 3.63) is 23.0 Å². The van der Waals surface area contributed by atoms with Crippen LogP contribution in [0.2, 0.25) is 0 Å². The van der Waals surface area contributed by atoms with Crippen LogP contribution in [0, 0.1) is 25.2 Å². The molecule has 0 unspecified atom stereocenters. The molecule has 0 radical (unpaired) electrons. The molecular formula is C12H16N4O. The number of hydrogen-bond acceptors (Lipinski definition) is 5. The molecular weight excluding hydrogens is 216 g/mol. The van der Waals surface area contributed by atoms with Crippen molar-refractivity contribution in [2.45, 2.75) is 13.8 Å². The minimum absolute atomic E-state index is 0.613. The van der Waals surface area contributed by atoms with E-state index >= 15 is 0 Å². The van der Waals surface area contributed by atoms with Gasteiger partial charge in [-0.25, -0.2) is 5.01 Å². The van der Waals surface area contributed by atoms with E-state index in [0.29, 0.717) is 5.56 Å². The third kappa shape index (κ3) is 2.73. The normalized spacial score (nSPS) is 16.5. The number of rotatable bonds is 2. The topological polar surface area (TPSA) is 61.2 Å². The third-order valence-electron chi connectivity index (χ3n) is 2.73. The van der Waals surface area contributed by atoms with Crippen LogP contribution in [0.3, 0.4) is 0 Å². The number of nitriles is 1. The third-order valence-corrected chi connectivity index (χ3v) is 2.73. The van der Waals surface area contributed by atoms with Crippen LogP contribution >= 0.6 is 0 Å². The molecule has 5 nitrogen and oxygen atoms in total. The standard InChI is InChI=1S/C12H16N4O/c1-9-7-12(11(8-13)10(2)14-9)15-16-3-5-17-6-4-16/h7H,3-6H2,1-2H3,(H,14,15). The highest BCUT2D eigenvalue weighted by Crippen LogP contribution is 2.19. The quantitative estimate of drug-likeness (QED) is 0.831. The Kier molecular flexibility index (Phi) is 3.57. The summed E-state index contributed by atoms with van der Waals surface area (Å²) in [5.74, 6) is 0. The van der Waals surface area contributed by atoms with Gasteiger partial charge in [0.1, 0.15) is 6.07 Å². The average molecular weight is 232 g/mol. The Labute approximate surface area is 101 Å². The van der Waals surface area contributed by atoms with Gasteiger partial charge in [-0.05, 0) is 19.9 Å². The van der Waals surface area contributed by atoms with Gasteiger partial charge >= 0.3 is 0 Å². The van der Waals surface area contributed by atoms with Crippen molar-refractivity contribution in [2.24, 2.45) is 0 Å². The maximum Gasteiger partial charge on any atom is 0.103 e. The summed E-state index contributed by atoms with van der Waals surface area (Å²) in [5.41, 5.74) is 6.40. The number of hydrogen-bond donors (Lipinski definition) is 1. The van der Waals surface area contributed by atoms with Crippen LogP contribution in [0.1, 0.15) is 17.0 Å². The molecule has 17 heavy (non-hydrogen) atoms. The Morgan fingerprint density at radius 3 is 2.76 bits per heavy atom. The molecule has 1 aromatic rings. The summed E-state index contributed by atoms with van der Waals surface area (Å²) in [6, 6.07) is 4.10. The maximum atomic E-state index is 9.15. The maximum absolute atomic E-state index is 9.15. The van der Waals surface area contributed by atoms with Crippen molar-refractivity contribution in [3.63, 3.8) is 0 Å². The zero-order chi connectivity index (χ0) is 12.3. The predicted octanol–water partition coefficient (Wildman–Crippen LogP) is 1.23. The van der Waals surface area contributed by atoms with Gasteiger partial charge in [0.25, 0.3) is 0 Å². The number of nitrogens with zero attached hydrogens (tertiary/aromatic N) is 3. The predicted molar refractivity (Wildman–Crippen MR) is 64.4 cm³/mol. The van der Waals surface area contributed by atoms with E-state index in [1.54, 1.807) is 0 Å². The van der Waals surface area contributed by atoms with E-state index in [1.165, 1.54) is 0 Å². The van der Waals surface area contributed by atoms with Crippen molar-refractivity contribution >= 4 is 5.69 Å². The summed E-state index contributed by atoms with van der Waals surface area (Å²) in [4.78, 5) is 4.29. The molecule has 1 aromatic heterocycles. The van der Waals surface area contributed by atoms with Gasteiger partial charge < -0.3 is 10.2 Å². The van der Waals surface area contributed by atoms with Gasteiger partial charge in [0.15, 0.2) is 0 Å². The highest BCUT2D eigenvalue weighted by atomic mass is 16.5. The van der Waals surface area contributed by atoms with Gasteiger partial charge in [0.05, 0.1) is 30.2 Å². The molecule has 1 saturated heterocycles. The Bertz CT molecular complexity index is 447. The van der Waals surface area contributed by atoms with E-state index in [-0.39, 0.29) is 0 Å². The first-order valence-corrected chi connectivity index (χ1v) is 5.68. The Balaban J connectivity index is 2.22. The molecule has 0 saturated carbocycles. The number of aromatic nitrogens is 1. The molecule has 90 valence electrons. The number of anilines is 1. The summed E-state index contributed by atoms with van der Waals surface area (Å²) in [7, 11) is 0. The summed E-state index contributed by atoms with van der Waals surface area (Å²) < 4.78 is 5.28. The largest absolute Gasteiger partial charge is 0.379 e. The van der Waals surface area contributed by atoms with Gasteiger partial charge in [-0.3, -0.25) is 4.98 Å². The zero-order valence-corrected chi connectivity index (χ0v) is 10.2. The molecule has 1 N–H and O–H groups in total. The van der Waals surface area contributed by atoms with E-state index < -0.39 is 0 Å². The first-order valence-electron chi connectivity index (χ1n) is 5.68. The molecule has 0 aliphatic carbocycles. The lowest BCUT2D eigenvalue weighted by Gasteiger charge is -2.28. The fourth-order valence-corrected chi connectivity index (χ4v) is 1.90. The minimum Gasteiger partial charge on any atom is -0.379 e. The van der Waals surface area contributed by atoms with E-state index in [2.05, 4.69) is 21.5 Å². The molecule has 0 amide bonds. The lowest BCUT2D eigenvalue weighted by atomic mass is 10.1. The van der Waals surface area contributed by atoms with Crippen LogP contribution in [-0.4, -0.2) is 36.3 Å². The van der Waals surface area contributed by atoms with Crippen molar-refractivity contribution in [1.82, 2.24) is 9.99 Å². The van der Waals surface area contributed by atoms with Crippen molar-refractivity contribution < 1.29 is 4.74 Å². The minimum atomic E-state index is 0.613. The number of ether oxygens (including phenoxy) is 1. The van der Waals surface area contributed by atoms with Crippen molar-refractivity contribution in [1.29, 1.82) is 5.26 Å². The van der Waals surface area contributed by atoms with E-state index in [9.17, 15) is 0 Å². The lowest BCUT2D eigenvalue weighted by molar-refractivity contribution is 0.0497. The summed E-state index contributed by atoms with van der Waals surface area (Å²) in [5, 5.41) is 11.2. The zero-order valence-electron chi connectivity index (χ0n) is 10.2. The Morgan fingerprint density at radius 1 is 1.41 bits per heavy atom. The van der Waals surface area contributed by atoms with E-state index in [1.807, 2.05) is 19.9 Å². The number of hydrazine groups is 1. The molecule has 0 spiro atoms. The van der Waals surface area contributed by atoms with Crippen LogP contribution in [0.15, 0.2) is 6.07 Å². The molecule has 0 bridgehead atoms. The fraction of sp³-hybridized carbons (Fsp3) is 0.500. The second-order valence-electron chi connectivity index (χ2n) is 4.09. The first-order chi connectivity index (χ1) is 8.20. The van der Waals surface area contributed by atoms with Crippen LogP contribution in [0.4, 0.5) is 5.69 Å². The number of aryl methyl sites for hydroxylation is 2. The van der Waals surface area contributed by atoms with Gasteiger partial charge in [0.2, 0.25) is 0 Å². The molecule has 2 heterocycles. The molecule has 1 fully saturated rings. The SMILES string of the molecule is Cc1cc(NN2CCOCC2)c(C#N)c(C)n1. The highest BCUT2D eigenvalue weighted by Gasteiger charge is 2.14. The van der Waals surface area contributed by atoms with Crippen LogP contribution in [0.5, 0.6) is 0 Å². The molecule has 0 aromatic carbocycles. The second kappa shape index (κ2) is 5.13. The van der Waals surface area contributed by atoms with Gasteiger partial charge in [0, 0.05) is 18.8 Å². The van der Waals surface area contributed by atoms with Crippen molar-refractivity contribution in [2.75, 3.05) is 31.7 Å². The monoisotopic (exact) mass is 232 g/mol. The molecule has 1 aliphatic rings.